The van der Waals surface area contributed by atoms with Crippen LogP contribution < -0.4 is 5.32 Å². The maximum absolute atomic E-state index is 11.9. The van der Waals surface area contributed by atoms with E-state index in [1.807, 2.05) is 6.92 Å². The summed E-state index contributed by atoms with van der Waals surface area (Å²) in [4.78, 5) is 2.35. The molecule has 0 spiro atoms. The van der Waals surface area contributed by atoms with Crippen LogP contribution in [0.4, 0.5) is 11.4 Å². The fourth-order valence-corrected chi connectivity index (χ4v) is 6.95. The van der Waals surface area contributed by atoms with E-state index in [2.05, 4.69) is 63.7 Å². The van der Waals surface area contributed by atoms with Gasteiger partial charge in [0.1, 0.15) is 0 Å². The quantitative estimate of drug-likeness (QED) is 0.693. The lowest BCUT2D eigenvalue weighted by Crippen LogP contribution is -2.40. The number of nitrogens with one attached hydrogen (secondary N) is 1. The van der Waals surface area contributed by atoms with E-state index in [1.54, 1.807) is 0 Å². The standard InChI is InChI=1S/C26H32N4O3S/c1-3-33-26-10-9-25(28-29-26)23-15-20(8-7-18(23)2)27-24-6-4-5-19-16-30(13-11-22(19)24)21-12-14-34(31,32)17-21/h4-8,15,21,27H,3,9-14,16-17H2,1-2H3. The van der Waals surface area contributed by atoms with E-state index in [-0.39, 0.29) is 6.04 Å². The van der Waals surface area contributed by atoms with E-state index in [4.69, 9.17) is 4.74 Å². The summed E-state index contributed by atoms with van der Waals surface area (Å²) in [6, 6.07) is 12.9. The summed E-state index contributed by atoms with van der Waals surface area (Å²) in [6.07, 6.45) is 3.25. The average molecular weight is 481 g/mol. The Hall–Kier alpha value is -2.71. The normalized spacial score (nSPS) is 22.0. The van der Waals surface area contributed by atoms with Crippen LogP contribution in [-0.4, -0.2) is 55.6 Å². The van der Waals surface area contributed by atoms with Crippen LogP contribution in [0.3, 0.4) is 0 Å². The summed E-state index contributed by atoms with van der Waals surface area (Å²) >= 11 is 0. The lowest BCUT2D eigenvalue weighted by molar-refractivity contribution is 0.194. The number of sulfone groups is 1. The summed E-state index contributed by atoms with van der Waals surface area (Å²) < 4.78 is 29.4. The molecule has 180 valence electrons. The maximum atomic E-state index is 11.9. The predicted molar refractivity (Wildman–Crippen MR) is 137 cm³/mol. The third-order valence-corrected chi connectivity index (χ3v) is 8.77. The number of fused-ring (bicyclic) bond motifs is 1. The number of nitrogens with zero attached hydrogens (tertiary/aromatic N) is 3. The second-order valence-corrected chi connectivity index (χ2v) is 11.6. The van der Waals surface area contributed by atoms with Crippen LogP contribution in [-0.2, 0) is 27.5 Å². The Labute approximate surface area is 201 Å². The molecule has 0 aromatic heterocycles. The molecule has 34 heavy (non-hydrogen) atoms. The molecule has 0 saturated carbocycles. The van der Waals surface area contributed by atoms with Crippen molar-refractivity contribution in [1.29, 1.82) is 0 Å². The van der Waals surface area contributed by atoms with Gasteiger partial charge in [0.25, 0.3) is 0 Å². The van der Waals surface area contributed by atoms with Crippen LogP contribution in [0.25, 0.3) is 0 Å². The zero-order valence-electron chi connectivity index (χ0n) is 19.9. The maximum Gasteiger partial charge on any atom is 0.208 e. The minimum absolute atomic E-state index is 0.150. The van der Waals surface area contributed by atoms with E-state index < -0.39 is 9.84 Å². The highest BCUT2D eigenvalue weighted by molar-refractivity contribution is 7.91. The molecule has 2 aromatic rings. The van der Waals surface area contributed by atoms with Crippen molar-refractivity contribution in [2.75, 3.05) is 30.0 Å². The molecule has 2 aromatic carbocycles. The Morgan fingerprint density at radius 3 is 2.76 bits per heavy atom. The highest BCUT2D eigenvalue weighted by Gasteiger charge is 2.34. The Bertz CT molecular complexity index is 1250. The first-order chi connectivity index (χ1) is 16.4. The molecule has 1 fully saturated rings. The van der Waals surface area contributed by atoms with Gasteiger partial charge in [-0.1, -0.05) is 18.2 Å². The first kappa shape index (κ1) is 23.1. The van der Waals surface area contributed by atoms with Gasteiger partial charge >= 0.3 is 0 Å². The monoisotopic (exact) mass is 480 g/mol. The van der Waals surface area contributed by atoms with E-state index in [0.29, 0.717) is 24.0 Å². The molecular weight excluding hydrogens is 448 g/mol. The van der Waals surface area contributed by atoms with Gasteiger partial charge in [0.05, 0.1) is 23.8 Å². The largest absolute Gasteiger partial charge is 0.480 e. The summed E-state index contributed by atoms with van der Waals surface area (Å²) in [5.74, 6) is 1.33. The third kappa shape index (κ3) is 4.88. The SMILES string of the molecule is CCOC1=NN=C(c2cc(Nc3cccc4c3CCN(C3CCS(=O)(=O)C3)C4)ccc2C)CC1. The Morgan fingerprint density at radius 1 is 1.15 bits per heavy atom. The zero-order valence-corrected chi connectivity index (χ0v) is 20.7. The summed E-state index contributed by atoms with van der Waals surface area (Å²) in [5, 5.41) is 12.3. The lowest BCUT2D eigenvalue weighted by Gasteiger charge is -2.34. The molecule has 8 heteroatoms. The minimum Gasteiger partial charge on any atom is -0.480 e. The Morgan fingerprint density at radius 2 is 2.03 bits per heavy atom. The molecule has 3 heterocycles. The fourth-order valence-electron chi connectivity index (χ4n) is 5.19. The van der Waals surface area contributed by atoms with Crippen molar-refractivity contribution in [2.24, 2.45) is 10.2 Å². The molecule has 3 aliphatic heterocycles. The number of ether oxygens (including phenoxy) is 1. The zero-order chi connectivity index (χ0) is 23.7. The van der Waals surface area contributed by atoms with Crippen molar-refractivity contribution in [1.82, 2.24) is 4.90 Å². The molecule has 7 nitrogen and oxygen atoms in total. The van der Waals surface area contributed by atoms with Crippen LogP contribution in [0.2, 0.25) is 0 Å². The Kier molecular flexibility index (Phi) is 6.44. The van der Waals surface area contributed by atoms with Crippen LogP contribution in [0.1, 0.15) is 48.4 Å². The molecule has 1 atom stereocenters. The van der Waals surface area contributed by atoms with Gasteiger partial charge in [0.15, 0.2) is 9.84 Å². The van der Waals surface area contributed by atoms with Gasteiger partial charge in [-0.05, 0) is 61.6 Å². The molecule has 1 saturated heterocycles. The first-order valence-corrected chi connectivity index (χ1v) is 13.9. The molecule has 0 aliphatic carbocycles. The molecular formula is C26H32N4O3S. The lowest BCUT2D eigenvalue weighted by atomic mass is 9.95. The fraction of sp³-hybridized carbons (Fsp3) is 0.462. The number of aryl methyl sites for hydroxylation is 1. The van der Waals surface area contributed by atoms with E-state index in [9.17, 15) is 8.42 Å². The third-order valence-electron chi connectivity index (χ3n) is 7.02. The van der Waals surface area contributed by atoms with Gasteiger partial charge in [-0.15, -0.1) is 5.10 Å². The van der Waals surface area contributed by atoms with Gasteiger partial charge in [0, 0.05) is 48.9 Å². The van der Waals surface area contributed by atoms with Crippen molar-refractivity contribution in [3.05, 3.63) is 58.7 Å². The van der Waals surface area contributed by atoms with Crippen molar-refractivity contribution in [3.8, 4) is 0 Å². The highest BCUT2D eigenvalue weighted by atomic mass is 32.2. The first-order valence-electron chi connectivity index (χ1n) is 12.1. The summed E-state index contributed by atoms with van der Waals surface area (Å²) in [7, 11) is -2.87. The molecule has 5 rings (SSSR count). The number of hydrogen-bond acceptors (Lipinski definition) is 7. The topological polar surface area (TPSA) is 83.4 Å². The second kappa shape index (κ2) is 9.50. The minimum atomic E-state index is -2.87. The number of benzene rings is 2. The highest BCUT2D eigenvalue weighted by Crippen LogP contribution is 2.32. The van der Waals surface area contributed by atoms with Gasteiger partial charge in [-0.3, -0.25) is 4.90 Å². The molecule has 1 unspecified atom stereocenters. The van der Waals surface area contributed by atoms with Crippen molar-refractivity contribution < 1.29 is 13.2 Å². The molecule has 0 bridgehead atoms. The van der Waals surface area contributed by atoms with Gasteiger partial charge in [0.2, 0.25) is 5.90 Å². The van der Waals surface area contributed by atoms with Crippen molar-refractivity contribution in [2.45, 2.75) is 52.1 Å². The van der Waals surface area contributed by atoms with Gasteiger partial charge in [-0.2, -0.15) is 5.10 Å². The summed E-state index contributed by atoms with van der Waals surface area (Å²) in [5.41, 5.74) is 8.03. The average Bonchev–Trinajstić information content (AvgIpc) is 3.20. The number of hydrogen-bond donors (Lipinski definition) is 1. The smallest absolute Gasteiger partial charge is 0.208 e. The summed E-state index contributed by atoms with van der Waals surface area (Å²) in [6.45, 7) is 6.37. The van der Waals surface area contributed by atoms with Gasteiger partial charge in [-0.25, -0.2) is 8.42 Å². The number of anilines is 2. The van der Waals surface area contributed by atoms with E-state index >= 15 is 0 Å². The van der Waals surface area contributed by atoms with Gasteiger partial charge < -0.3 is 10.1 Å². The molecule has 3 aliphatic rings. The Balaban J connectivity index is 1.34. The van der Waals surface area contributed by atoms with Crippen LogP contribution in [0.5, 0.6) is 0 Å². The number of rotatable bonds is 5. The molecule has 0 amide bonds. The van der Waals surface area contributed by atoms with Crippen molar-refractivity contribution >= 4 is 32.8 Å². The van der Waals surface area contributed by atoms with Crippen LogP contribution >= 0.6 is 0 Å². The molecule has 0 radical (unpaired) electrons. The molecule has 1 N–H and O–H groups in total. The van der Waals surface area contributed by atoms with Crippen molar-refractivity contribution in [3.63, 3.8) is 0 Å². The van der Waals surface area contributed by atoms with E-state index in [0.717, 1.165) is 61.4 Å². The second-order valence-electron chi connectivity index (χ2n) is 9.35. The van der Waals surface area contributed by atoms with Crippen LogP contribution in [0, 0.1) is 6.92 Å². The predicted octanol–water partition coefficient (Wildman–Crippen LogP) is 4.22. The van der Waals surface area contributed by atoms with Crippen LogP contribution in [0.15, 0.2) is 46.6 Å². The van der Waals surface area contributed by atoms with E-state index in [1.165, 1.54) is 16.7 Å².